The fourth-order valence-corrected chi connectivity index (χ4v) is 2.15. The summed E-state index contributed by atoms with van der Waals surface area (Å²) < 4.78 is 0. The summed E-state index contributed by atoms with van der Waals surface area (Å²) in [6.45, 7) is 3.33. The van der Waals surface area contributed by atoms with Gasteiger partial charge in [0, 0.05) is 12.7 Å². The van der Waals surface area contributed by atoms with Gasteiger partial charge in [-0.3, -0.25) is 4.98 Å². The van der Waals surface area contributed by atoms with Crippen LogP contribution in [0.4, 0.5) is 11.8 Å². The summed E-state index contributed by atoms with van der Waals surface area (Å²) in [6, 6.07) is 14.1. The van der Waals surface area contributed by atoms with Gasteiger partial charge in [0.1, 0.15) is 0 Å². The van der Waals surface area contributed by atoms with Crippen molar-refractivity contribution < 1.29 is 0 Å². The maximum Gasteiger partial charge on any atom is 0.245 e. The van der Waals surface area contributed by atoms with E-state index in [1.54, 1.807) is 12.4 Å². The van der Waals surface area contributed by atoms with Crippen molar-refractivity contribution in [2.75, 3.05) is 10.6 Å². The minimum absolute atomic E-state index is 0.477. The molecule has 0 unspecified atom stereocenters. The molecule has 0 aliphatic carbocycles. The van der Waals surface area contributed by atoms with Crippen LogP contribution in [0.1, 0.15) is 16.8 Å². The van der Waals surface area contributed by atoms with Crippen LogP contribution in [0, 0.1) is 6.92 Å². The van der Waals surface area contributed by atoms with Gasteiger partial charge in [-0.25, -0.2) is 0 Å². The minimum Gasteiger partial charge on any atom is -0.365 e. The van der Waals surface area contributed by atoms with Crippen molar-refractivity contribution in [3.8, 4) is 0 Å². The summed E-state index contributed by atoms with van der Waals surface area (Å²) in [7, 11) is 0. The fourth-order valence-electron chi connectivity index (χ4n) is 2.15. The summed E-state index contributed by atoms with van der Waals surface area (Å²) in [6.07, 6.45) is 3.37. The topological polar surface area (TPSA) is 75.6 Å². The second-order valence-corrected chi connectivity index (χ2v) is 5.18. The number of nitrogens with one attached hydrogen (secondary N) is 2. The monoisotopic (exact) mass is 306 g/mol. The Labute approximate surface area is 135 Å². The molecule has 1 aromatic carbocycles. The highest BCUT2D eigenvalue weighted by Crippen LogP contribution is 2.09. The predicted molar refractivity (Wildman–Crippen MR) is 89.9 cm³/mol. The quantitative estimate of drug-likeness (QED) is 0.729. The fraction of sp³-hybridized carbons (Fsp3) is 0.176. The van der Waals surface area contributed by atoms with E-state index in [4.69, 9.17) is 0 Å². The van der Waals surface area contributed by atoms with Gasteiger partial charge in [0.2, 0.25) is 5.95 Å². The zero-order valence-corrected chi connectivity index (χ0v) is 12.9. The maximum atomic E-state index is 4.40. The van der Waals surface area contributed by atoms with Crippen molar-refractivity contribution in [2.45, 2.75) is 20.0 Å². The first-order valence-corrected chi connectivity index (χ1v) is 7.42. The first kappa shape index (κ1) is 14.9. The number of nitrogens with zero attached hydrogens (tertiary/aromatic N) is 4. The van der Waals surface area contributed by atoms with E-state index in [0.29, 0.717) is 24.9 Å². The number of aryl methyl sites for hydroxylation is 1. The number of aromatic nitrogens is 4. The van der Waals surface area contributed by atoms with Crippen LogP contribution in [0.2, 0.25) is 0 Å². The van der Waals surface area contributed by atoms with Crippen LogP contribution in [0.5, 0.6) is 0 Å². The van der Waals surface area contributed by atoms with Gasteiger partial charge in [0.15, 0.2) is 5.82 Å². The highest BCUT2D eigenvalue weighted by atomic mass is 15.3. The summed E-state index contributed by atoms with van der Waals surface area (Å²) >= 11 is 0. The minimum atomic E-state index is 0.477. The zero-order valence-electron chi connectivity index (χ0n) is 12.9. The van der Waals surface area contributed by atoms with Crippen molar-refractivity contribution in [1.29, 1.82) is 0 Å². The molecule has 23 heavy (non-hydrogen) atoms. The number of hydrogen-bond donors (Lipinski definition) is 2. The van der Waals surface area contributed by atoms with E-state index in [0.717, 1.165) is 5.69 Å². The molecule has 0 aliphatic heterocycles. The van der Waals surface area contributed by atoms with Gasteiger partial charge in [-0.15, -0.1) is 5.10 Å². The molecule has 6 nitrogen and oxygen atoms in total. The molecule has 0 amide bonds. The Morgan fingerprint density at radius 2 is 1.96 bits per heavy atom. The zero-order chi connectivity index (χ0) is 15.9. The average Bonchev–Trinajstić information content (AvgIpc) is 2.60. The molecular formula is C17H18N6. The van der Waals surface area contributed by atoms with E-state index >= 15 is 0 Å². The lowest BCUT2D eigenvalue weighted by atomic mass is 10.1. The van der Waals surface area contributed by atoms with Gasteiger partial charge < -0.3 is 10.6 Å². The predicted octanol–water partition coefficient (Wildman–Crippen LogP) is 2.80. The maximum absolute atomic E-state index is 4.40. The summed E-state index contributed by atoms with van der Waals surface area (Å²) in [4.78, 5) is 8.65. The largest absolute Gasteiger partial charge is 0.365 e. The Hall–Kier alpha value is -3.02. The number of anilines is 2. The van der Waals surface area contributed by atoms with Gasteiger partial charge in [-0.2, -0.15) is 10.1 Å². The molecule has 0 radical (unpaired) electrons. The molecule has 3 aromatic rings. The second kappa shape index (κ2) is 7.31. The van der Waals surface area contributed by atoms with E-state index in [-0.39, 0.29) is 0 Å². The van der Waals surface area contributed by atoms with Crippen LogP contribution < -0.4 is 10.6 Å². The molecule has 0 aliphatic rings. The van der Waals surface area contributed by atoms with Gasteiger partial charge in [-0.05, 0) is 24.6 Å². The lowest BCUT2D eigenvalue weighted by molar-refractivity contribution is 0.925. The summed E-state index contributed by atoms with van der Waals surface area (Å²) in [5.74, 6) is 1.16. The summed E-state index contributed by atoms with van der Waals surface area (Å²) in [5, 5.41) is 14.3. The molecule has 0 bridgehead atoms. The van der Waals surface area contributed by atoms with Crippen LogP contribution in [-0.2, 0) is 13.1 Å². The Morgan fingerprint density at radius 3 is 2.78 bits per heavy atom. The third-order valence-corrected chi connectivity index (χ3v) is 3.27. The Balaban J connectivity index is 1.59. The number of pyridine rings is 1. The SMILES string of the molecule is Cc1cccc(CNc2cnnc(NCc3ccccn3)n2)c1. The average molecular weight is 306 g/mol. The van der Waals surface area contributed by atoms with Crippen LogP contribution in [0.25, 0.3) is 0 Å². The lowest BCUT2D eigenvalue weighted by Crippen LogP contribution is -2.08. The van der Waals surface area contributed by atoms with Crippen LogP contribution in [0.3, 0.4) is 0 Å². The third kappa shape index (κ3) is 4.47. The first-order chi connectivity index (χ1) is 11.3. The normalized spacial score (nSPS) is 10.3. The standard InChI is InChI=1S/C17H18N6/c1-13-5-4-6-14(9-13)10-19-16-12-21-23-17(22-16)20-11-15-7-2-3-8-18-15/h2-9,12H,10-11H2,1H3,(H2,19,20,22,23). The van der Waals surface area contributed by atoms with E-state index in [2.05, 4.69) is 55.9 Å². The molecule has 0 spiro atoms. The van der Waals surface area contributed by atoms with Crippen LogP contribution in [-0.4, -0.2) is 20.2 Å². The Kier molecular flexibility index (Phi) is 4.73. The molecule has 2 N–H and O–H groups in total. The van der Waals surface area contributed by atoms with Crippen LogP contribution in [0.15, 0.2) is 54.9 Å². The molecule has 116 valence electrons. The van der Waals surface area contributed by atoms with Gasteiger partial charge in [0.25, 0.3) is 0 Å². The van der Waals surface area contributed by atoms with Crippen molar-refractivity contribution in [3.63, 3.8) is 0 Å². The molecule has 0 saturated heterocycles. The molecule has 0 saturated carbocycles. The molecule has 0 fully saturated rings. The van der Waals surface area contributed by atoms with Crippen molar-refractivity contribution in [2.24, 2.45) is 0 Å². The van der Waals surface area contributed by atoms with Gasteiger partial charge in [0.05, 0.1) is 18.4 Å². The van der Waals surface area contributed by atoms with E-state index in [9.17, 15) is 0 Å². The summed E-state index contributed by atoms with van der Waals surface area (Å²) in [5.41, 5.74) is 3.36. The molecule has 0 atom stereocenters. The molecule has 2 aromatic heterocycles. The molecule has 3 rings (SSSR count). The highest BCUT2D eigenvalue weighted by Gasteiger charge is 2.01. The third-order valence-electron chi connectivity index (χ3n) is 3.27. The lowest BCUT2D eigenvalue weighted by Gasteiger charge is -2.08. The molecular weight excluding hydrogens is 288 g/mol. The van der Waals surface area contributed by atoms with Crippen molar-refractivity contribution in [3.05, 3.63) is 71.7 Å². The van der Waals surface area contributed by atoms with Crippen LogP contribution >= 0.6 is 0 Å². The van der Waals surface area contributed by atoms with E-state index in [1.807, 2.05) is 24.3 Å². The highest BCUT2D eigenvalue weighted by molar-refractivity contribution is 5.38. The number of benzene rings is 1. The van der Waals surface area contributed by atoms with E-state index in [1.165, 1.54) is 11.1 Å². The van der Waals surface area contributed by atoms with Crippen molar-refractivity contribution in [1.82, 2.24) is 20.2 Å². The van der Waals surface area contributed by atoms with Gasteiger partial charge >= 0.3 is 0 Å². The first-order valence-electron chi connectivity index (χ1n) is 7.42. The Bertz CT molecular complexity index is 760. The van der Waals surface area contributed by atoms with Gasteiger partial charge in [-0.1, -0.05) is 35.9 Å². The van der Waals surface area contributed by atoms with Crippen molar-refractivity contribution >= 4 is 11.8 Å². The van der Waals surface area contributed by atoms with E-state index < -0.39 is 0 Å². The smallest absolute Gasteiger partial charge is 0.245 e. The molecule has 2 heterocycles. The Morgan fingerprint density at radius 1 is 1.00 bits per heavy atom. The number of rotatable bonds is 6. The number of hydrogen-bond acceptors (Lipinski definition) is 6. The second-order valence-electron chi connectivity index (χ2n) is 5.18. The molecule has 6 heteroatoms.